The van der Waals surface area contributed by atoms with Gasteiger partial charge in [-0.1, -0.05) is 0 Å². The van der Waals surface area contributed by atoms with Crippen molar-refractivity contribution in [3.63, 3.8) is 0 Å². The number of hydrogen-bond donors (Lipinski definition) is 1. The fourth-order valence-electron chi connectivity index (χ4n) is 1.80. The zero-order valence-electron chi connectivity index (χ0n) is 11.9. The average Bonchev–Trinajstić information content (AvgIpc) is 2.96. The van der Waals surface area contributed by atoms with E-state index in [0.717, 1.165) is 15.6 Å². The molecule has 0 radical (unpaired) electrons. The zero-order valence-corrected chi connectivity index (χ0v) is 15.9. The fourth-order valence-corrected chi connectivity index (χ4v) is 6.18. The SMILES string of the molecule is CNCc1cc(S(=O)(=O)N(C)Cc2csc(C)n2)c(Br)s1. The highest BCUT2D eigenvalue weighted by Crippen LogP contribution is 2.33. The second kappa shape index (κ2) is 6.84. The van der Waals surface area contributed by atoms with E-state index in [-0.39, 0.29) is 6.54 Å². The van der Waals surface area contributed by atoms with Gasteiger partial charge >= 0.3 is 0 Å². The second-order valence-corrected chi connectivity index (χ2v) is 10.0. The van der Waals surface area contributed by atoms with E-state index in [2.05, 4.69) is 26.2 Å². The molecule has 1 N–H and O–H groups in total. The molecule has 0 atom stereocenters. The number of hydrogen-bond acceptors (Lipinski definition) is 6. The van der Waals surface area contributed by atoms with Crippen molar-refractivity contribution in [3.05, 3.63) is 30.8 Å². The van der Waals surface area contributed by atoms with Gasteiger partial charge in [0.2, 0.25) is 10.0 Å². The van der Waals surface area contributed by atoms with Gasteiger partial charge in [0.15, 0.2) is 0 Å². The Bertz CT molecular complexity index is 724. The summed E-state index contributed by atoms with van der Waals surface area (Å²) in [5, 5.41) is 5.84. The summed E-state index contributed by atoms with van der Waals surface area (Å²) in [5.41, 5.74) is 0.769. The molecule has 9 heteroatoms. The molecule has 0 aliphatic carbocycles. The molecule has 0 saturated carbocycles. The maximum Gasteiger partial charge on any atom is 0.245 e. The van der Waals surface area contributed by atoms with Crippen LogP contribution in [0.2, 0.25) is 0 Å². The Morgan fingerprint density at radius 2 is 2.19 bits per heavy atom. The largest absolute Gasteiger partial charge is 0.315 e. The molecule has 116 valence electrons. The van der Waals surface area contributed by atoms with Crippen molar-refractivity contribution in [2.75, 3.05) is 14.1 Å². The van der Waals surface area contributed by atoms with E-state index in [1.165, 1.54) is 27.0 Å². The molecule has 0 bridgehead atoms. The smallest absolute Gasteiger partial charge is 0.245 e. The van der Waals surface area contributed by atoms with Gasteiger partial charge in [-0.05, 0) is 36.0 Å². The summed E-state index contributed by atoms with van der Waals surface area (Å²) in [7, 11) is -0.115. The van der Waals surface area contributed by atoms with E-state index in [1.807, 2.05) is 19.4 Å². The summed E-state index contributed by atoms with van der Waals surface area (Å²) in [6.07, 6.45) is 0. The van der Waals surface area contributed by atoms with E-state index < -0.39 is 10.0 Å². The molecule has 0 aliphatic heterocycles. The van der Waals surface area contributed by atoms with Crippen LogP contribution >= 0.6 is 38.6 Å². The van der Waals surface area contributed by atoms with Crippen molar-refractivity contribution in [2.24, 2.45) is 0 Å². The molecule has 0 saturated heterocycles. The minimum absolute atomic E-state index is 0.274. The number of nitrogens with zero attached hydrogens (tertiary/aromatic N) is 2. The molecule has 0 aliphatic rings. The molecule has 2 heterocycles. The van der Waals surface area contributed by atoms with Crippen LogP contribution in [0, 0.1) is 6.92 Å². The molecular formula is C12H16BrN3O2S3. The molecule has 2 aromatic heterocycles. The Morgan fingerprint density at radius 3 is 2.76 bits per heavy atom. The van der Waals surface area contributed by atoms with Crippen LogP contribution in [-0.4, -0.2) is 31.8 Å². The molecule has 2 aromatic rings. The third-order valence-corrected chi connectivity index (χ3v) is 7.67. The lowest BCUT2D eigenvalue weighted by Gasteiger charge is -2.15. The normalized spacial score (nSPS) is 12.2. The van der Waals surface area contributed by atoms with E-state index in [4.69, 9.17) is 0 Å². The number of thiophene rings is 1. The van der Waals surface area contributed by atoms with Gasteiger partial charge in [-0.2, -0.15) is 4.31 Å². The molecule has 0 amide bonds. The minimum atomic E-state index is -3.52. The van der Waals surface area contributed by atoms with Gasteiger partial charge in [-0.3, -0.25) is 0 Å². The number of aryl methyl sites for hydroxylation is 1. The minimum Gasteiger partial charge on any atom is -0.315 e. The summed E-state index contributed by atoms with van der Waals surface area (Å²) in [5.74, 6) is 0. The average molecular weight is 410 g/mol. The predicted octanol–water partition coefficient (Wildman–Crippen LogP) is 2.82. The zero-order chi connectivity index (χ0) is 15.6. The van der Waals surface area contributed by atoms with Crippen molar-refractivity contribution < 1.29 is 8.42 Å². The first-order chi connectivity index (χ1) is 9.84. The van der Waals surface area contributed by atoms with Gasteiger partial charge in [0.1, 0.15) is 4.90 Å². The number of rotatable bonds is 6. The van der Waals surface area contributed by atoms with Crippen LogP contribution in [0.4, 0.5) is 0 Å². The van der Waals surface area contributed by atoms with Gasteiger partial charge in [0, 0.05) is 23.8 Å². The third-order valence-electron chi connectivity index (χ3n) is 2.80. The predicted molar refractivity (Wildman–Crippen MR) is 90.3 cm³/mol. The van der Waals surface area contributed by atoms with E-state index in [0.29, 0.717) is 15.2 Å². The summed E-state index contributed by atoms with van der Waals surface area (Å²) in [4.78, 5) is 5.59. The first-order valence-electron chi connectivity index (χ1n) is 6.14. The number of nitrogens with one attached hydrogen (secondary N) is 1. The summed E-state index contributed by atoms with van der Waals surface area (Å²) in [6, 6.07) is 1.71. The Labute approximate surface area is 141 Å². The van der Waals surface area contributed by atoms with Crippen molar-refractivity contribution in [1.82, 2.24) is 14.6 Å². The van der Waals surface area contributed by atoms with Gasteiger partial charge < -0.3 is 5.32 Å². The van der Waals surface area contributed by atoms with Crippen LogP contribution in [0.5, 0.6) is 0 Å². The lowest BCUT2D eigenvalue weighted by molar-refractivity contribution is 0.462. The third kappa shape index (κ3) is 3.91. The maximum atomic E-state index is 12.6. The van der Waals surface area contributed by atoms with E-state index in [1.54, 1.807) is 13.1 Å². The van der Waals surface area contributed by atoms with Crippen LogP contribution in [0.15, 0.2) is 20.1 Å². The number of sulfonamides is 1. The Balaban J connectivity index is 2.24. The highest BCUT2D eigenvalue weighted by Gasteiger charge is 2.26. The summed E-state index contributed by atoms with van der Waals surface area (Å²) < 4.78 is 27.2. The number of aromatic nitrogens is 1. The topological polar surface area (TPSA) is 62.3 Å². The quantitative estimate of drug-likeness (QED) is 0.796. The monoisotopic (exact) mass is 409 g/mol. The first-order valence-corrected chi connectivity index (χ1v) is 10.1. The van der Waals surface area contributed by atoms with Crippen molar-refractivity contribution in [3.8, 4) is 0 Å². The van der Waals surface area contributed by atoms with Crippen LogP contribution in [0.3, 0.4) is 0 Å². The lowest BCUT2D eigenvalue weighted by Crippen LogP contribution is -2.26. The number of thiazole rings is 1. The second-order valence-electron chi connectivity index (χ2n) is 4.50. The van der Waals surface area contributed by atoms with E-state index in [9.17, 15) is 8.42 Å². The Hall–Kier alpha value is -0.320. The highest BCUT2D eigenvalue weighted by atomic mass is 79.9. The molecule has 0 unspecified atom stereocenters. The molecule has 0 aromatic carbocycles. The first kappa shape index (κ1) is 17.0. The summed E-state index contributed by atoms with van der Waals surface area (Å²) in [6.45, 7) is 2.83. The molecule has 2 rings (SSSR count). The van der Waals surface area contributed by atoms with Crippen LogP contribution in [0.25, 0.3) is 0 Å². The molecule has 0 fully saturated rings. The lowest BCUT2D eigenvalue weighted by atomic mass is 10.5. The standard InChI is InChI=1S/C12H16BrN3O2S3/c1-8-15-9(7-19-8)6-16(3)21(17,18)11-4-10(5-14-2)20-12(11)13/h4,7,14H,5-6H2,1-3H3. The van der Waals surface area contributed by atoms with Crippen molar-refractivity contribution in [1.29, 1.82) is 0 Å². The highest BCUT2D eigenvalue weighted by molar-refractivity contribution is 9.11. The molecule has 0 spiro atoms. The molecular weight excluding hydrogens is 394 g/mol. The van der Waals surface area contributed by atoms with Crippen LogP contribution < -0.4 is 5.32 Å². The van der Waals surface area contributed by atoms with Crippen LogP contribution in [0.1, 0.15) is 15.6 Å². The van der Waals surface area contributed by atoms with Gasteiger partial charge in [-0.25, -0.2) is 13.4 Å². The van der Waals surface area contributed by atoms with Crippen LogP contribution in [-0.2, 0) is 23.1 Å². The van der Waals surface area contributed by atoms with Crippen molar-refractivity contribution in [2.45, 2.75) is 24.9 Å². The van der Waals surface area contributed by atoms with Crippen molar-refractivity contribution >= 4 is 48.6 Å². The number of halogens is 1. The summed E-state index contributed by atoms with van der Waals surface area (Å²) >= 11 is 6.30. The van der Waals surface area contributed by atoms with Gasteiger partial charge in [0.05, 0.1) is 21.0 Å². The van der Waals surface area contributed by atoms with E-state index >= 15 is 0 Å². The Morgan fingerprint density at radius 1 is 1.48 bits per heavy atom. The fraction of sp³-hybridized carbons (Fsp3) is 0.417. The maximum absolute atomic E-state index is 12.6. The van der Waals surface area contributed by atoms with Gasteiger partial charge in [0.25, 0.3) is 0 Å². The van der Waals surface area contributed by atoms with Gasteiger partial charge in [-0.15, -0.1) is 22.7 Å². The molecule has 5 nitrogen and oxygen atoms in total. The molecule has 21 heavy (non-hydrogen) atoms. The Kier molecular flexibility index (Phi) is 5.55.